The van der Waals surface area contributed by atoms with E-state index >= 15 is 0 Å². The van der Waals surface area contributed by atoms with Crippen LogP contribution in [0, 0.1) is 6.92 Å². The molecule has 3 heteroatoms. The molecule has 1 aromatic heterocycles. The van der Waals surface area contributed by atoms with E-state index in [1.807, 2.05) is 32.0 Å². The Morgan fingerprint density at radius 1 is 1.40 bits per heavy atom. The number of aryl methyl sites for hydroxylation is 1. The van der Waals surface area contributed by atoms with E-state index in [9.17, 15) is 0 Å². The molecule has 0 aliphatic carbocycles. The van der Waals surface area contributed by atoms with Crippen LogP contribution in [0.2, 0.25) is 0 Å². The number of furan rings is 1. The van der Waals surface area contributed by atoms with Gasteiger partial charge in [-0.05, 0) is 25.5 Å². The molecule has 0 spiro atoms. The van der Waals surface area contributed by atoms with Crippen molar-refractivity contribution < 1.29 is 9.15 Å². The van der Waals surface area contributed by atoms with Crippen LogP contribution in [0.15, 0.2) is 22.6 Å². The maximum Gasteiger partial charge on any atom is 0.176 e. The van der Waals surface area contributed by atoms with Crippen LogP contribution < -0.4 is 10.5 Å². The Morgan fingerprint density at radius 3 is 2.87 bits per heavy atom. The van der Waals surface area contributed by atoms with Crippen molar-refractivity contribution in [1.29, 1.82) is 0 Å². The van der Waals surface area contributed by atoms with Crippen molar-refractivity contribution in [3.05, 3.63) is 29.5 Å². The first-order chi connectivity index (χ1) is 7.27. The highest BCUT2D eigenvalue weighted by atomic mass is 16.5. The van der Waals surface area contributed by atoms with Gasteiger partial charge in [0.25, 0.3) is 0 Å². The maximum absolute atomic E-state index is 5.68. The van der Waals surface area contributed by atoms with E-state index in [-0.39, 0.29) is 0 Å². The first-order valence-electron chi connectivity index (χ1n) is 5.11. The van der Waals surface area contributed by atoms with Crippen LogP contribution in [0.1, 0.15) is 18.2 Å². The number of hydrogen-bond acceptors (Lipinski definition) is 3. The molecule has 0 amide bonds. The summed E-state index contributed by atoms with van der Waals surface area (Å²) in [6, 6.07) is 5.90. The summed E-state index contributed by atoms with van der Waals surface area (Å²) in [6.45, 7) is 5.03. The number of benzene rings is 1. The van der Waals surface area contributed by atoms with Crippen LogP contribution in [-0.2, 0) is 6.54 Å². The van der Waals surface area contributed by atoms with E-state index < -0.39 is 0 Å². The van der Waals surface area contributed by atoms with Crippen molar-refractivity contribution in [2.75, 3.05) is 6.61 Å². The summed E-state index contributed by atoms with van der Waals surface area (Å²) in [5.74, 6) is 1.62. The summed E-state index contributed by atoms with van der Waals surface area (Å²) in [5, 5.41) is 1.08. The Kier molecular flexibility index (Phi) is 2.64. The largest absolute Gasteiger partial charge is 0.490 e. The average molecular weight is 205 g/mol. The average Bonchev–Trinajstić information content (AvgIpc) is 2.58. The fourth-order valence-electron chi connectivity index (χ4n) is 1.73. The summed E-state index contributed by atoms with van der Waals surface area (Å²) >= 11 is 0. The standard InChI is InChI=1S/C12H15NO2/c1-3-14-10-6-4-5-9-8(2)11(7-13)15-12(9)10/h4-6H,3,7,13H2,1-2H3. The van der Waals surface area contributed by atoms with Gasteiger partial charge in [0.05, 0.1) is 13.2 Å². The number of nitrogens with two attached hydrogens (primary N) is 1. The Labute approximate surface area is 88.8 Å². The quantitative estimate of drug-likeness (QED) is 0.837. The Morgan fingerprint density at radius 2 is 2.20 bits per heavy atom. The molecule has 2 N–H and O–H groups in total. The molecular formula is C12H15NO2. The number of para-hydroxylation sites is 1. The van der Waals surface area contributed by atoms with Crippen LogP contribution in [0.5, 0.6) is 5.75 Å². The van der Waals surface area contributed by atoms with Crippen molar-refractivity contribution in [2.45, 2.75) is 20.4 Å². The first kappa shape index (κ1) is 10.1. The third-order valence-electron chi connectivity index (χ3n) is 2.51. The molecule has 0 saturated carbocycles. The Balaban J connectivity index is 2.65. The predicted molar refractivity (Wildman–Crippen MR) is 60.0 cm³/mol. The highest BCUT2D eigenvalue weighted by molar-refractivity contribution is 5.87. The molecule has 80 valence electrons. The molecule has 2 rings (SSSR count). The Hall–Kier alpha value is -1.48. The molecule has 3 nitrogen and oxygen atoms in total. The zero-order valence-electron chi connectivity index (χ0n) is 9.04. The van der Waals surface area contributed by atoms with Gasteiger partial charge in [0.1, 0.15) is 5.76 Å². The van der Waals surface area contributed by atoms with Crippen molar-refractivity contribution in [3.8, 4) is 5.75 Å². The zero-order valence-corrected chi connectivity index (χ0v) is 9.04. The van der Waals surface area contributed by atoms with Crippen molar-refractivity contribution in [1.82, 2.24) is 0 Å². The predicted octanol–water partition coefficient (Wildman–Crippen LogP) is 2.60. The van der Waals surface area contributed by atoms with Crippen LogP contribution in [-0.4, -0.2) is 6.61 Å². The minimum Gasteiger partial charge on any atom is -0.490 e. The second-order valence-electron chi connectivity index (χ2n) is 3.42. The third-order valence-corrected chi connectivity index (χ3v) is 2.51. The van der Waals surface area contributed by atoms with Crippen LogP contribution in [0.3, 0.4) is 0 Å². The number of fused-ring (bicyclic) bond motifs is 1. The van der Waals surface area contributed by atoms with Crippen LogP contribution in [0.25, 0.3) is 11.0 Å². The number of rotatable bonds is 3. The van der Waals surface area contributed by atoms with E-state index in [4.69, 9.17) is 14.9 Å². The molecule has 15 heavy (non-hydrogen) atoms. The van der Waals surface area contributed by atoms with Gasteiger partial charge in [-0.3, -0.25) is 0 Å². The lowest BCUT2D eigenvalue weighted by Crippen LogP contribution is -1.95. The van der Waals surface area contributed by atoms with Gasteiger partial charge in [-0.1, -0.05) is 12.1 Å². The fraction of sp³-hybridized carbons (Fsp3) is 0.333. The number of hydrogen-bond donors (Lipinski definition) is 1. The fourth-order valence-corrected chi connectivity index (χ4v) is 1.73. The van der Waals surface area contributed by atoms with E-state index in [2.05, 4.69) is 0 Å². The second kappa shape index (κ2) is 3.95. The van der Waals surface area contributed by atoms with Crippen LogP contribution in [0.4, 0.5) is 0 Å². The maximum atomic E-state index is 5.68. The van der Waals surface area contributed by atoms with E-state index in [1.54, 1.807) is 0 Å². The molecule has 0 aliphatic heterocycles. The molecular weight excluding hydrogens is 190 g/mol. The highest BCUT2D eigenvalue weighted by Gasteiger charge is 2.12. The third kappa shape index (κ3) is 1.59. The van der Waals surface area contributed by atoms with Gasteiger partial charge < -0.3 is 14.9 Å². The topological polar surface area (TPSA) is 48.4 Å². The molecule has 1 aromatic carbocycles. The molecule has 0 atom stereocenters. The lowest BCUT2D eigenvalue weighted by molar-refractivity contribution is 0.337. The SMILES string of the molecule is CCOc1cccc2c(C)c(CN)oc12. The normalized spacial score (nSPS) is 10.9. The molecule has 0 saturated heterocycles. The summed E-state index contributed by atoms with van der Waals surface area (Å²) < 4.78 is 11.2. The second-order valence-corrected chi connectivity index (χ2v) is 3.42. The van der Waals surface area contributed by atoms with Crippen molar-refractivity contribution >= 4 is 11.0 Å². The highest BCUT2D eigenvalue weighted by Crippen LogP contribution is 2.32. The van der Waals surface area contributed by atoms with Gasteiger partial charge in [0.2, 0.25) is 0 Å². The van der Waals surface area contributed by atoms with Gasteiger partial charge in [-0.2, -0.15) is 0 Å². The monoisotopic (exact) mass is 205 g/mol. The van der Waals surface area contributed by atoms with Crippen molar-refractivity contribution in [2.24, 2.45) is 5.73 Å². The van der Waals surface area contributed by atoms with Gasteiger partial charge >= 0.3 is 0 Å². The molecule has 0 radical (unpaired) electrons. The van der Waals surface area contributed by atoms with E-state index in [1.165, 1.54) is 0 Å². The summed E-state index contributed by atoms with van der Waals surface area (Å²) in [5.41, 5.74) is 7.51. The lowest BCUT2D eigenvalue weighted by Gasteiger charge is -2.02. The minimum absolute atomic E-state index is 0.423. The molecule has 1 heterocycles. The minimum atomic E-state index is 0.423. The summed E-state index contributed by atoms with van der Waals surface area (Å²) in [4.78, 5) is 0. The zero-order chi connectivity index (χ0) is 10.8. The Bertz CT molecular complexity index is 474. The lowest BCUT2D eigenvalue weighted by atomic mass is 10.1. The molecule has 0 aliphatic rings. The van der Waals surface area contributed by atoms with Gasteiger partial charge in [0, 0.05) is 5.39 Å². The molecule has 0 bridgehead atoms. The smallest absolute Gasteiger partial charge is 0.176 e. The summed E-state index contributed by atoms with van der Waals surface area (Å²) in [7, 11) is 0. The first-order valence-corrected chi connectivity index (χ1v) is 5.11. The van der Waals surface area contributed by atoms with E-state index in [0.717, 1.165) is 28.0 Å². The van der Waals surface area contributed by atoms with Gasteiger partial charge in [0.15, 0.2) is 11.3 Å². The molecule has 2 aromatic rings. The molecule has 0 unspecified atom stereocenters. The van der Waals surface area contributed by atoms with Crippen LogP contribution >= 0.6 is 0 Å². The van der Waals surface area contributed by atoms with E-state index in [0.29, 0.717) is 13.2 Å². The van der Waals surface area contributed by atoms with Crippen molar-refractivity contribution in [3.63, 3.8) is 0 Å². The molecule has 0 fully saturated rings. The summed E-state index contributed by atoms with van der Waals surface area (Å²) in [6.07, 6.45) is 0. The number of ether oxygens (including phenoxy) is 1. The van der Waals surface area contributed by atoms with Gasteiger partial charge in [-0.15, -0.1) is 0 Å². The van der Waals surface area contributed by atoms with Gasteiger partial charge in [-0.25, -0.2) is 0 Å².